The topological polar surface area (TPSA) is 12.9 Å². The first kappa shape index (κ1) is 14.9. The Labute approximate surface area is 140 Å². The van der Waals surface area contributed by atoms with Crippen molar-refractivity contribution >= 4 is 0 Å². The molecule has 0 saturated heterocycles. The van der Waals surface area contributed by atoms with E-state index in [1.165, 1.54) is 36.8 Å². The second-order valence-corrected chi connectivity index (χ2v) is 8.58. The molecule has 0 amide bonds. The van der Waals surface area contributed by atoms with Crippen LogP contribution in [0.1, 0.15) is 63.5 Å². The van der Waals surface area contributed by atoms with Crippen LogP contribution in [0.3, 0.4) is 0 Å². The van der Waals surface area contributed by atoms with Crippen molar-refractivity contribution in [3.8, 4) is 11.3 Å². The maximum Gasteiger partial charge on any atom is 0.0704 e. The summed E-state index contributed by atoms with van der Waals surface area (Å²) in [6.45, 7) is 6.76. The van der Waals surface area contributed by atoms with Gasteiger partial charge in [-0.2, -0.15) is 0 Å². The molecule has 2 aliphatic carbocycles. The standard InChI is InChI=1S/C22H27N/c1-22(2,3)19-10-11-23-21(14-19)17-8-6-16(7-9-17)20-13-15-4-5-18(20)12-15/h6-11,14-15,18,20H,4-5,12-13H2,1-3H3. The molecular weight excluding hydrogens is 278 g/mol. The molecule has 2 aromatic rings. The van der Waals surface area contributed by atoms with Crippen LogP contribution in [-0.4, -0.2) is 4.98 Å². The number of fused-ring (bicyclic) bond motifs is 2. The molecule has 120 valence electrons. The SMILES string of the molecule is CC(C)(C)c1ccnc(-c2ccc(C3CC4CCC3C4)cc2)c1. The van der Waals surface area contributed by atoms with Crippen molar-refractivity contribution in [2.45, 2.75) is 57.8 Å². The second-order valence-electron chi connectivity index (χ2n) is 8.58. The lowest BCUT2D eigenvalue weighted by Crippen LogP contribution is -2.11. The summed E-state index contributed by atoms with van der Waals surface area (Å²) in [6.07, 6.45) is 7.76. The summed E-state index contributed by atoms with van der Waals surface area (Å²) in [5.41, 5.74) is 5.40. The van der Waals surface area contributed by atoms with Gasteiger partial charge in [-0.1, -0.05) is 51.5 Å². The molecule has 1 heteroatoms. The minimum Gasteiger partial charge on any atom is -0.256 e. The zero-order valence-corrected chi connectivity index (χ0v) is 14.5. The van der Waals surface area contributed by atoms with Crippen molar-refractivity contribution < 1.29 is 0 Å². The van der Waals surface area contributed by atoms with Crippen molar-refractivity contribution in [1.82, 2.24) is 4.98 Å². The van der Waals surface area contributed by atoms with Gasteiger partial charge in [-0.05, 0) is 65.7 Å². The number of hydrogen-bond acceptors (Lipinski definition) is 1. The molecule has 2 saturated carbocycles. The summed E-state index contributed by atoms with van der Waals surface area (Å²) in [5.74, 6) is 2.78. The minimum absolute atomic E-state index is 0.167. The summed E-state index contributed by atoms with van der Waals surface area (Å²) < 4.78 is 0. The average Bonchev–Trinajstić information content (AvgIpc) is 3.17. The highest BCUT2D eigenvalue weighted by molar-refractivity contribution is 5.60. The molecule has 1 aromatic carbocycles. The summed E-state index contributed by atoms with van der Waals surface area (Å²) in [6, 6.07) is 13.6. The van der Waals surface area contributed by atoms with Crippen LogP contribution in [0.15, 0.2) is 42.6 Å². The molecule has 3 unspecified atom stereocenters. The number of benzene rings is 1. The molecule has 1 nitrogen and oxygen atoms in total. The lowest BCUT2D eigenvalue weighted by molar-refractivity contribution is 0.420. The third kappa shape index (κ3) is 2.82. The van der Waals surface area contributed by atoms with Crippen molar-refractivity contribution in [2.75, 3.05) is 0 Å². The third-order valence-corrected chi connectivity index (χ3v) is 6.00. The van der Waals surface area contributed by atoms with Crippen LogP contribution < -0.4 is 0 Å². The first-order chi connectivity index (χ1) is 11.0. The van der Waals surface area contributed by atoms with Gasteiger partial charge in [0.15, 0.2) is 0 Å². The Morgan fingerprint density at radius 3 is 2.35 bits per heavy atom. The average molecular weight is 305 g/mol. The Bertz CT molecular complexity index is 693. The zero-order chi connectivity index (χ0) is 16.0. The predicted octanol–water partition coefficient (Wildman–Crippen LogP) is 5.95. The summed E-state index contributed by atoms with van der Waals surface area (Å²) in [7, 11) is 0. The van der Waals surface area contributed by atoms with Gasteiger partial charge in [-0.3, -0.25) is 4.98 Å². The van der Waals surface area contributed by atoms with Crippen LogP contribution in [0.2, 0.25) is 0 Å². The van der Waals surface area contributed by atoms with E-state index in [4.69, 9.17) is 0 Å². The van der Waals surface area contributed by atoms with E-state index < -0.39 is 0 Å². The predicted molar refractivity (Wildman–Crippen MR) is 96.6 cm³/mol. The molecule has 2 fully saturated rings. The number of aromatic nitrogens is 1. The largest absolute Gasteiger partial charge is 0.256 e. The minimum atomic E-state index is 0.167. The Hall–Kier alpha value is -1.63. The molecule has 3 atom stereocenters. The van der Waals surface area contributed by atoms with E-state index in [2.05, 4.69) is 62.2 Å². The van der Waals surface area contributed by atoms with Crippen molar-refractivity contribution in [3.63, 3.8) is 0 Å². The van der Waals surface area contributed by atoms with Crippen molar-refractivity contribution in [2.24, 2.45) is 11.8 Å². The van der Waals surface area contributed by atoms with Crippen LogP contribution in [0.5, 0.6) is 0 Å². The van der Waals surface area contributed by atoms with Crippen LogP contribution in [0, 0.1) is 11.8 Å². The zero-order valence-electron chi connectivity index (χ0n) is 14.5. The molecule has 0 radical (unpaired) electrons. The maximum absolute atomic E-state index is 4.59. The molecule has 0 aliphatic heterocycles. The van der Waals surface area contributed by atoms with Gasteiger partial charge in [-0.25, -0.2) is 0 Å². The highest BCUT2D eigenvalue weighted by Gasteiger charge is 2.39. The Balaban J connectivity index is 1.59. The van der Waals surface area contributed by atoms with E-state index in [1.807, 2.05) is 6.20 Å². The van der Waals surface area contributed by atoms with E-state index in [9.17, 15) is 0 Å². The fourth-order valence-corrected chi connectivity index (χ4v) is 4.61. The summed E-state index contributed by atoms with van der Waals surface area (Å²) in [5, 5.41) is 0. The van der Waals surface area contributed by atoms with Gasteiger partial charge in [0.05, 0.1) is 5.69 Å². The highest BCUT2D eigenvalue weighted by Crippen LogP contribution is 2.52. The van der Waals surface area contributed by atoms with Crippen molar-refractivity contribution in [3.05, 3.63) is 53.7 Å². The van der Waals surface area contributed by atoms with E-state index in [-0.39, 0.29) is 5.41 Å². The quantitative estimate of drug-likeness (QED) is 0.668. The van der Waals surface area contributed by atoms with Crippen LogP contribution in [-0.2, 0) is 5.41 Å². The van der Waals surface area contributed by atoms with E-state index in [0.29, 0.717) is 0 Å². The van der Waals surface area contributed by atoms with Gasteiger partial charge < -0.3 is 0 Å². The summed E-state index contributed by atoms with van der Waals surface area (Å²) >= 11 is 0. The Morgan fingerprint density at radius 2 is 1.74 bits per heavy atom. The first-order valence-electron chi connectivity index (χ1n) is 9.07. The smallest absolute Gasteiger partial charge is 0.0704 e. The van der Waals surface area contributed by atoms with Gasteiger partial charge >= 0.3 is 0 Å². The van der Waals surface area contributed by atoms with Crippen molar-refractivity contribution in [1.29, 1.82) is 0 Å². The van der Waals surface area contributed by atoms with Gasteiger partial charge in [0.1, 0.15) is 0 Å². The molecule has 1 heterocycles. The Kier molecular flexibility index (Phi) is 3.55. The molecule has 1 aromatic heterocycles. The fourth-order valence-electron chi connectivity index (χ4n) is 4.61. The second kappa shape index (κ2) is 5.47. The fraction of sp³-hybridized carbons (Fsp3) is 0.500. The van der Waals surface area contributed by atoms with Gasteiger partial charge in [-0.15, -0.1) is 0 Å². The number of nitrogens with zero attached hydrogens (tertiary/aromatic N) is 1. The molecule has 4 rings (SSSR count). The Morgan fingerprint density at radius 1 is 0.957 bits per heavy atom. The molecule has 0 spiro atoms. The molecular formula is C22H27N. The van der Waals surface area contributed by atoms with Gasteiger partial charge in [0, 0.05) is 11.8 Å². The maximum atomic E-state index is 4.59. The first-order valence-corrected chi connectivity index (χ1v) is 9.07. The van der Waals surface area contributed by atoms with Crippen LogP contribution >= 0.6 is 0 Å². The lowest BCUT2D eigenvalue weighted by atomic mass is 9.83. The van der Waals surface area contributed by atoms with E-state index in [0.717, 1.165) is 23.4 Å². The molecule has 2 bridgehead atoms. The molecule has 23 heavy (non-hydrogen) atoms. The number of hydrogen-bond donors (Lipinski definition) is 0. The van der Waals surface area contributed by atoms with Crippen LogP contribution in [0.4, 0.5) is 0 Å². The molecule has 0 N–H and O–H groups in total. The monoisotopic (exact) mass is 305 g/mol. The van der Waals surface area contributed by atoms with E-state index in [1.54, 1.807) is 5.56 Å². The normalized spacial score (nSPS) is 26.7. The number of rotatable bonds is 2. The van der Waals surface area contributed by atoms with E-state index >= 15 is 0 Å². The van der Waals surface area contributed by atoms with Crippen LogP contribution in [0.25, 0.3) is 11.3 Å². The third-order valence-electron chi connectivity index (χ3n) is 6.00. The summed E-state index contributed by atoms with van der Waals surface area (Å²) in [4.78, 5) is 4.59. The number of pyridine rings is 1. The lowest BCUT2D eigenvalue weighted by Gasteiger charge is -2.22. The van der Waals surface area contributed by atoms with Gasteiger partial charge in [0.25, 0.3) is 0 Å². The molecule has 2 aliphatic rings. The highest BCUT2D eigenvalue weighted by atomic mass is 14.7. The van der Waals surface area contributed by atoms with Gasteiger partial charge in [0.2, 0.25) is 0 Å².